The molecular weight excluding hydrogens is 607 g/mol. The van der Waals surface area contributed by atoms with Crippen molar-refractivity contribution < 1.29 is 44.7 Å². The summed E-state index contributed by atoms with van der Waals surface area (Å²) in [6.07, 6.45) is -5.46. The summed E-state index contributed by atoms with van der Waals surface area (Å²) in [7, 11) is -3.67. The molecule has 2 aromatic carbocycles. The lowest BCUT2D eigenvalue weighted by Crippen LogP contribution is -2.51. The van der Waals surface area contributed by atoms with Crippen LogP contribution in [0.5, 0.6) is 0 Å². The molecule has 1 N–H and O–H groups in total. The molecule has 4 rings (SSSR count). The van der Waals surface area contributed by atoms with Crippen molar-refractivity contribution in [1.82, 2.24) is 9.88 Å². The van der Waals surface area contributed by atoms with Crippen LogP contribution in [0, 0.1) is 11.6 Å². The number of halogens is 6. The van der Waals surface area contributed by atoms with Gasteiger partial charge in [0.15, 0.2) is 5.82 Å². The molecule has 9 nitrogen and oxygen atoms in total. The second-order valence-corrected chi connectivity index (χ2v) is 11.3. The second-order valence-electron chi connectivity index (χ2n) is 8.50. The molecule has 1 aliphatic heterocycles. The van der Waals surface area contributed by atoms with Crippen LogP contribution in [0.1, 0.15) is 11.1 Å². The quantitative estimate of drug-likeness (QED) is 0.255. The molecule has 0 radical (unpaired) electrons. The van der Waals surface area contributed by atoms with E-state index in [0.29, 0.717) is 37.3 Å². The monoisotopic (exact) mass is 626 g/mol. The first-order valence-electron chi connectivity index (χ1n) is 11.3. The Morgan fingerprint density at radius 2 is 1.98 bits per heavy atom. The number of benzene rings is 2. The lowest BCUT2D eigenvalue weighted by molar-refractivity contribution is -0.199. The zero-order valence-electron chi connectivity index (χ0n) is 20.4. The molecule has 2 heterocycles. The number of aromatic nitrogens is 1. The van der Waals surface area contributed by atoms with Crippen molar-refractivity contribution in [3.8, 4) is 0 Å². The maximum absolute atomic E-state index is 15.1. The van der Waals surface area contributed by atoms with E-state index in [2.05, 4.69) is 15.1 Å². The van der Waals surface area contributed by atoms with Gasteiger partial charge in [0.2, 0.25) is 0 Å². The third-order valence-electron chi connectivity index (χ3n) is 5.84. The van der Waals surface area contributed by atoms with Gasteiger partial charge in [0, 0.05) is 44.2 Å². The Kier molecular flexibility index (Phi) is 8.84. The van der Waals surface area contributed by atoms with Gasteiger partial charge in [-0.1, -0.05) is 28.2 Å². The Bertz CT molecular complexity index is 1490. The fraction of sp³-hybridized carbons (Fsp3) is 0.304. The van der Waals surface area contributed by atoms with Crippen LogP contribution in [0.3, 0.4) is 0 Å². The van der Waals surface area contributed by atoms with E-state index < -0.39 is 49.0 Å². The highest BCUT2D eigenvalue weighted by atomic mass is 35.5. The predicted molar refractivity (Wildman–Crippen MR) is 135 cm³/mol. The summed E-state index contributed by atoms with van der Waals surface area (Å²) in [4.78, 5) is 19.8. The Balaban J connectivity index is 1.57. The van der Waals surface area contributed by atoms with Crippen LogP contribution >= 0.6 is 22.9 Å². The predicted octanol–water partition coefficient (Wildman–Crippen LogP) is 4.73. The third kappa shape index (κ3) is 6.46. The summed E-state index contributed by atoms with van der Waals surface area (Å²) >= 11 is 6.96. The van der Waals surface area contributed by atoms with Gasteiger partial charge < -0.3 is 14.9 Å². The minimum Gasteiger partial charge on any atom is -0.380 e. The van der Waals surface area contributed by atoms with Crippen molar-refractivity contribution in [3.63, 3.8) is 0 Å². The van der Waals surface area contributed by atoms with Crippen molar-refractivity contribution in [2.45, 2.75) is 30.3 Å². The number of alkyl halides is 3. The normalized spacial score (nSPS) is 14.6. The van der Waals surface area contributed by atoms with Crippen molar-refractivity contribution >= 4 is 50.4 Å². The van der Waals surface area contributed by atoms with Gasteiger partial charge in [-0.25, -0.2) is 18.6 Å². The van der Waals surface area contributed by atoms with Crippen molar-refractivity contribution in [3.05, 3.63) is 69.0 Å². The van der Waals surface area contributed by atoms with E-state index in [1.807, 2.05) is 4.90 Å². The number of nitrogens with zero attached hydrogens (tertiary/aromatic N) is 3. The summed E-state index contributed by atoms with van der Waals surface area (Å²) in [6.45, 7) is 1.62. The van der Waals surface area contributed by atoms with Crippen molar-refractivity contribution in [2.24, 2.45) is 0 Å². The molecule has 3 aromatic rings. The fourth-order valence-corrected chi connectivity index (χ4v) is 5.90. The number of hydrogen-bond donors (Lipinski definition) is 1. The minimum atomic E-state index is -5.56. The van der Waals surface area contributed by atoms with Gasteiger partial charge in [-0.15, -0.1) is 11.3 Å². The standard InChI is InChI=1S/C23H20ClF5N4O5S2/c1-37-14-9-32(10-14)8-13-3-2-4-17(25)15(13)7-30-19-6-18(26)20(5-16(19)24)40(35,36)33(21-11-39-12-31-21)38-22(34)23(27,28)29/h2-6,11-12,14,30H,7-10H2,1H3. The molecule has 0 saturated carbocycles. The molecule has 1 aliphatic rings. The fourth-order valence-electron chi connectivity index (χ4n) is 3.77. The second kappa shape index (κ2) is 11.8. The first kappa shape index (κ1) is 29.9. The first-order chi connectivity index (χ1) is 18.8. The number of thiazole rings is 1. The number of nitrogens with one attached hydrogen (secondary N) is 1. The number of rotatable bonds is 10. The number of carbonyl (C=O) groups is 1. The number of carbonyl (C=O) groups excluding carboxylic acids is 1. The van der Waals surface area contributed by atoms with Crippen molar-refractivity contribution in [1.29, 1.82) is 0 Å². The van der Waals surface area contributed by atoms with E-state index in [0.717, 1.165) is 22.2 Å². The number of likely N-dealkylation sites (tertiary alicyclic amines) is 1. The van der Waals surface area contributed by atoms with Crippen LogP contribution in [0.2, 0.25) is 5.02 Å². The zero-order valence-corrected chi connectivity index (χ0v) is 22.8. The SMILES string of the molecule is COC1CN(Cc2cccc(F)c2CNc2cc(F)c(S(=O)(=O)N(OC(=O)C(F)(F)F)c3cscn3)cc2Cl)C1. The average Bonchev–Trinajstić information content (AvgIpc) is 3.39. The lowest BCUT2D eigenvalue weighted by Gasteiger charge is -2.38. The number of methoxy groups -OCH3 is 1. The van der Waals surface area contributed by atoms with E-state index in [4.69, 9.17) is 16.3 Å². The Morgan fingerprint density at radius 3 is 2.60 bits per heavy atom. The Morgan fingerprint density at radius 1 is 1.25 bits per heavy atom. The summed E-state index contributed by atoms with van der Waals surface area (Å²) in [5.74, 6) is -5.55. The minimum absolute atomic E-state index is 0.0927. The summed E-state index contributed by atoms with van der Waals surface area (Å²) in [6, 6.07) is 5.84. The molecule has 0 unspecified atom stereocenters. The zero-order chi connectivity index (χ0) is 29.2. The van der Waals surface area contributed by atoms with Crippen LogP contribution in [0.25, 0.3) is 0 Å². The van der Waals surface area contributed by atoms with Crippen LogP contribution in [-0.2, 0) is 37.5 Å². The van der Waals surface area contributed by atoms with Gasteiger partial charge in [-0.3, -0.25) is 4.90 Å². The lowest BCUT2D eigenvalue weighted by atomic mass is 10.0. The smallest absolute Gasteiger partial charge is 0.380 e. The first-order valence-corrected chi connectivity index (χ1v) is 14.0. The van der Waals surface area contributed by atoms with Gasteiger partial charge in [-0.2, -0.15) is 21.6 Å². The Hall–Kier alpha value is -3.05. The van der Waals surface area contributed by atoms with Gasteiger partial charge in [-0.05, 0) is 23.8 Å². The number of sulfonamides is 1. The maximum atomic E-state index is 15.1. The van der Waals surface area contributed by atoms with Crippen LogP contribution in [0.15, 0.2) is 46.1 Å². The molecular formula is C23H20ClF5N4O5S2. The average molecular weight is 627 g/mol. The van der Waals surface area contributed by atoms with E-state index in [1.165, 1.54) is 6.07 Å². The van der Waals surface area contributed by atoms with E-state index in [-0.39, 0.29) is 28.9 Å². The van der Waals surface area contributed by atoms with Crippen LogP contribution in [-0.4, -0.2) is 56.8 Å². The molecule has 1 fully saturated rings. The van der Waals surface area contributed by atoms with E-state index in [9.17, 15) is 30.8 Å². The summed E-state index contributed by atoms with van der Waals surface area (Å²) in [5, 5.41) is 3.37. The molecule has 1 saturated heterocycles. The molecule has 40 heavy (non-hydrogen) atoms. The molecule has 0 atom stereocenters. The van der Waals surface area contributed by atoms with E-state index in [1.54, 1.807) is 19.2 Å². The molecule has 0 bridgehead atoms. The van der Waals surface area contributed by atoms with Crippen LogP contribution in [0.4, 0.5) is 33.5 Å². The molecule has 0 amide bonds. The van der Waals surface area contributed by atoms with Crippen molar-refractivity contribution in [2.75, 3.05) is 30.0 Å². The molecule has 216 valence electrons. The largest absolute Gasteiger partial charge is 0.493 e. The number of hydrogen-bond acceptors (Lipinski definition) is 9. The molecule has 0 spiro atoms. The van der Waals surface area contributed by atoms with Crippen LogP contribution < -0.4 is 9.79 Å². The summed E-state index contributed by atoms with van der Waals surface area (Å²) in [5.41, 5.74) is 1.86. The topological polar surface area (TPSA) is 101 Å². The summed E-state index contributed by atoms with van der Waals surface area (Å²) < 4.78 is 99.2. The third-order valence-corrected chi connectivity index (χ3v) is 8.30. The molecule has 0 aliphatic carbocycles. The van der Waals surface area contributed by atoms with E-state index >= 15 is 4.39 Å². The number of anilines is 2. The van der Waals surface area contributed by atoms with Gasteiger partial charge in [0.25, 0.3) is 10.0 Å². The maximum Gasteiger partial charge on any atom is 0.493 e. The highest BCUT2D eigenvalue weighted by molar-refractivity contribution is 7.92. The number of ether oxygens (including phenoxy) is 1. The van der Waals surface area contributed by atoms with Gasteiger partial charge >= 0.3 is 12.1 Å². The van der Waals surface area contributed by atoms with Gasteiger partial charge in [0.05, 0.1) is 22.3 Å². The molecule has 17 heteroatoms. The van der Waals surface area contributed by atoms with Gasteiger partial charge in [0.1, 0.15) is 16.5 Å². The molecule has 1 aromatic heterocycles. The highest BCUT2D eigenvalue weighted by Crippen LogP contribution is 2.33. The Labute approximate surface area is 234 Å². The highest BCUT2D eigenvalue weighted by Gasteiger charge is 2.45.